The molecule has 5 rings (SSSR count). The average molecular weight is 702 g/mol. The van der Waals surface area contributed by atoms with E-state index in [0.717, 1.165) is 39.4 Å². The van der Waals surface area contributed by atoms with E-state index in [4.69, 9.17) is 20.2 Å². The number of fused-ring (bicyclic) bond motifs is 2. The Labute approximate surface area is 295 Å². The van der Waals surface area contributed by atoms with Crippen molar-refractivity contribution in [1.82, 2.24) is 4.72 Å². The van der Waals surface area contributed by atoms with Crippen molar-refractivity contribution in [1.29, 1.82) is 0 Å². The van der Waals surface area contributed by atoms with E-state index < -0.39 is 21.7 Å². The Morgan fingerprint density at radius 3 is 2.46 bits per heavy atom. The molecule has 0 unspecified atom stereocenters. The molecule has 11 nitrogen and oxygen atoms in total. The number of hydrogen-bond acceptors (Lipinski definition) is 8. The van der Waals surface area contributed by atoms with Crippen molar-refractivity contribution in [2.45, 2.75) is 89.7 Å². The third-order valence-corrected chi connectivity index (χ3v) is 10.9. The van der Waals surface area contributed by atoms with Crippen molar-refractivity contribution < 1.29 is 27.5 Å². The molecule has 266 valence electrons. The van der Waals surface area contributed by atoms with Crippen LogP contribution in [-0.2, 0) is 30.8 Å². The van der Waals surface area contributed by atoms with Crippen molar-refractivity contribution >= 4 is 39.3 Å². The smallest absolute Gasteiger partial charge is 0.305 e. The molecular formula is C38H47N5O6S. The number of carbonyl (C=O) groups excluding carboxylic acids is 2. The zero-order valence-corrected chi connectivity index (χ0v) is 30.5. The van der Waals surface area contributed by atoms with Crippen LogP contribution in [0.15, 0.2) is 69.5 Å². The molecule has 1 amide bonds. The van der Waals surface area contributed by atoms with Crippen LogP contribution in [0.2, 0.25) is 0 Å². The number of ether oxygens (including phenoxy) is 2. The molecule has 3 aromatic rings. The van der Waals surface area contributed by atoms with Crippen molar-refractivity contribution in [3.05, 3.63) is 88.0 Å². The zero-order chi connectivity index (χ0) is 36.2. The van der Waals surface area contributed by atoms with Gasteiger partial charge in [-0.05, 0) is 83.1 Å². The van der Waals surface area contributed by atoms with Crippen LogP contribution >= 0.6 is 0 Å². The summed E-state index contributed by atoms with van der Waals surface area (Å²) < 4.78 is 40.6. The number of benzene rings is 3. The molecule has 2 aliphatic rings. The van der Waals surface area contributed by atoms with Crippen LogP contribution in [0.1, 0.15) is 79.3 Å². The van der Waals surface area contributed by atoms with E-state index in [0.29, 0.717) is 49.8 Å². The molecule has 2 aliphatic heterocycles. The number of anilines is 1. The van der Waals surface area contributed by atoms with E-state index in [1.54, 1.807) is 18.7 Å². The number of para-hydroxylation sites is 1. The van der Waals surface area contributed by atoms with Gasteiger partial charge in [0.05, 0.1) is 23.4 Å². The van der Waals surface area contributed by atoms with E-state index in [1.807, 2.05) is 75.4 Å². The van der Waals surface area contributed by atoms with Gasteiger partial charge in [-0.25, -0.2) is 13.1 Å². The van der Waals surface area contributed by atoms with Gasteiger partial charge in [0.1, 0.15) is 17.4 Å². The van der Waals surface area contributed by atoms with Crippen LogP contribution in [0.4, 0.5) is 5.69 Å². The molecule has 0 spiro atoms. The second-order valence-electron chi connectivity index (χ2n) is 13.5. The van der Waals surface area contributed by atoms with Crippen LogP contribution in [0.3, 0.4) is 0 Å². The van der Waals surface area contributed by atoms with Crippen molar-refractivity contribution in [3.63, 3.8) is 0 Å². The fourth-order valence-electron chi connectivity index (χ4n) is 6.73. The van der Waals surface area contributed by atoms with Gasteiger partial charge in [0.25, 0.3) is 15.9 Å². The number of methoxy groups -OCH3 is 1. The van der Waals surface area contributed by atoms with E-state index in [1.165, 1.54) is 7.11 Å². The van der Waals surface area contributed by atoms with E-state index in [2.05, 4.69) is 9.71 Å². The Morgan fingerprint density at radius 1 is 1.04 bits per heavy atom. The lowest BCUT2D eigenvalue weighted by atomic mass is 9.94. The molecule has 0 radical (unpaired) electrons. The average Bonchev–Trinajstić information content (AvgIpc) is 3.36. The highest BCUT2D eigenvalue weighted by molar-refractivity contribution is 7.90. The maximum Gasteiger partial charge on any atom is 0.305 e. The lowest BCUT2D eigenvalue weighted by Gasteiger charge is -2.25. The monoisotopic (exact) mass is 701 g/mol. The largest absolute Gasteiger partial charge is 0.487 e. The third-order valence-electron chi connectivity index (χ3n) is 9.29. The molecule has 0 aliphatic carbocycles. The van der Waals surface area contributed by atoms with Crippen LogP contribution in [0.5, 0.6) is 5.75 Å². The summed E-state index contributed by atoms with van der Waals surface area (Å²) in [4.78, 5) is 37.1. The summed E-state index contributed by atoms with van der Waals surface area (Å²) >= 11 is 0. The number of unbranched alkanes of at least 4 members (excludes halogenated alkanes) is 1. The van der Waals surface area contributed by atoms with Crippen molar-refractivity contribution in [2.75, 3.05) is 25.1 Å². The van der Waals surface area contributed by atoms with Crippen LogP contribution in [-0.4, -0.2) is 63.8 Å². The number of rotatable bonds is 12. The normalized spacial score (nSPS) is 17.0. The summed E-state index contributed by atoms with van der Waals surface area (Å²) in [7, 11) is -2.68. The van der Waals surface area contributed by atoms with Gasteiger partial charge in [-0.15, -0.1) is 0 Å². The summed E-state index contributed by atoms with van der Waals surface area (Å²) in [6, 6.07) is 16.8. The zero-order valence-electron chi connectivity index (χ0n) is 29.7. The number of aliphatic imine (C=N–C) groups is 2. The number of nitrogens with two attached hydrogens (primary N) is 1. The highest BCUT2D eigenvalue weighted by Gasteiger charge is 2.37. The standard InChI is InChI=1S/C38H47N5O6S/c1-24-25(2)35(26(3)29-23-38(4,5)49-34(24)29)50(46,47)42-37(39)40-21-14-18-30-36(45)43(22-13-12-20-32(44)48-6)31-19-11-10-17-28(31)33(41-30)27-15-8-7-9-16-27/h7-11,15-17,19,30H,12-14,18,20-23H2,1-6H3,(H3,39,40,42)/t30-/m0/s1. The summed E-state index contributed by atoms with van der Waals surface area (Å²) in [6.07, 6.45) is 2.86. The Bertz CT molecular complexity index is 1940. The van der Waals surface area contributed by atoms with E-state index >= 15 is 0 Å². The van der Waals surface area contributed by atoms with Crippen LogP contribution in [0, 0.1) is 20.8 Å². The Balaban J connectivity index is 1.33. The number of carbonyl (C=O) groups is 2. The minimum Gasteiger partial charge on any atom is -0.487 e. The predicted molar refractivity (Wildman–Crippen MR) is 196 cm³/mol. The molecule has 3 N–H and O–H groups in total. The number of benzodiazepines with no additional fused rings is 1. The fraction of sp³-hybridized carbons (Fsp3) is 0.421. The summed E-state index contributed by atoms with van der Waals surface area (Å²) in [5.74, 6) is 0.0937. The molecule has 50 heavy (non-hydrogen) atoms. The first kappa shape index (κ1) is 36.6. The number of nitrogens with zero attached hydrogens (tertiary/aromatic N) is 3. The highest BCUT2D eigenvalue weighted by atomic mass is 32.2. The maximum absolute atomic E-state index is 14.1. The third kappa shape index (κ3) is 7.85. The lowest BCUT2D eigenvalue weighted by molar-refractivity contribution is -0.140. The van der Waals surface area contributed by atoms with Gasteiger partial charge in [-0.3, -0.25) is 19.6 Å². The van der Waals surface area contributed by atoms with Gasteiger partial charge in [-0.1, -0.05) is 48.5 Å². The van der Waals surface area contributed by atoms with Gasteiger partial charge >= 0.3 is 5.97 Å². The van der Waals surface area contributed by atoms with Gasteiger partial charge < -0.3 is 20.1 Å². The minimum atomic E-state index is -4.04. The molecule has 0 bridgehead atoms. The molecule has 2 heterocycles. The molecular weight excluding hydrogens is 655 g/mol. The number of nitrogens with one attached hydrogen (secondary N) is 1. The first-order valence-electron chi connectivity index (χ1n) is 17.0. The first-order valence-corrected chi connectivity index (χ1v) is 18.5. The van der Waals surface area contributed by atoms with Crippen molar-refractivity contribution in [2.24, 2.45) is 15.7 Å². The fourth-order valence-corrected chi connectivity index (χ4v) is 8.25. The van der Waals surface area contributed by atoms with Gasteiger partial charge in [-0.2, -0.15) is 0 Å². The van der Waals surface area contributed by atoms with Crippen LogP contribution in [0.25, 0.3) is 0 Å². The number of esters is 1. The van der Waals surface area contributed by atoms with E-state index in [9.17, 15) is 18.0 Å². The Morgan fingerprint density at radius 2 is 1.74 bits per heavy atom. The van der Waals surface area contributed by atoms with Gasteiger partial charge in [0, 0.05) is 42.6 Å². The number of hydrogen-bond donors (Lipinski definition) is 2. The van der Waals surface area contributed by atoms with Crippen LogP contribution < -0.4 is 20.1 Å². The van der Waals surface area contributed by atoms with Gasteiger partial charge in [0.2, 0.25) is 5.96 Å². The maximum atomic E-state index is 14.1. The molecule has 12 heteroatoms. The topological polar surface area (TPSA) is 153 Å². The SMILES string of the molecule is COC(=O)CCCCN1C(=O)[C@H](CCCN=C(N)NS(=O)(=O)c2c(C)c(C)c3c(c2C)CC(C)(C)O3)N=C(c2ccccc2)c2ccccc21. The number of sulfonamides is 1. The number of amides is 1. The summed E-state index contributed by atoms with van der Waals surface area (Å²) in [5, 5.41) is 0. The summed E-state index contributed by atoms with van der Waals surface area (Å²) in [6.45, 7) is 10.0. The van der Waals surface area contributed by atoms with Crippen molar-refractivity contribution in [3.8, 4) is 5.75 Å². The molecule has 0 aromatic heterocycles. The van der Waals surface area contributed by atoms with E-state index in [-0.39, 0.29) is 35.7 Å². The Kier molecular flexibility index (Phi) is 11.0. The first-order chi connectivity index (χ1) is 23.7. The minimum absolute atomic E-state index is 0.149. The molecule has 3 aromatic carbocycles. The second kappa shape index (κ2) is 15.0. The molecule has 0 saturated carbocycles. The quantitative estimate of drug-likeness (QED) is 0.113. The molecule has 0 saturated heterocycles. The lowest BCUT2D eigenvalue weighted by Crippen LogP contribution is -2.39. The number of guanidine groups is 1. The highest BCUT2D eigenvalue weighted by Crippen LogP contribution is 2.43. The molecule has 1 atom stereocenters. The molecule has 0 fully saturated rings. The predicted octanol–water partition coefficient (Wildman–Crippen LogP) is 5.29. The summed E-state index contributed by atoms with van der Waals surface area (Å²) in [5.41, 5.74) is 11.9. The van der Waals surface area contributed by atoms with Gasteiger partial charge in [0.15, 0.2) is 0 Å². The Hall–Kier alpha value is -4.71. The second-order valence-corrected chi connectivity index (χ2v) is 15.1.